The molecule has 1 amide bonds. The zero-order valence-corrected chi connectivity index (χ0v) is 16.9. The summed E-state index contributed by atoms with van der Waals surface area (Å²) in [4.78, 5) is 17.0. The highest BCUT2D eigenvalue weighted by molar-refractivity contribution is 7.98. The number of ether oxygens (including phenoxy) is 1. The molecule has 0 aliphatic carbocycles. The Morgan fingerprint density at radius 3 is 2.71 bits per heavy atom. The number of nitrogens with one attached hydrogen (secondary N) is 1. The maximum atomic E-state index is 12.4. The van der Waals surface area contributed by atoms with Crippen molar-refractivity contribution in [1.82, 2.24) is 19.7 Å². The minimum absolute atomic E-state index is 0.276. The van der Waals surface area contributed by atoms with Gasteiger partial charge >= 0.3 is 0 Å². The average Bonchev–Trinajstić information content (AvgIpc) is 3.32. The summed E-state index contributed by atoms with van der Waals surface area (Å²) in [5.41, 5.74) is 2.72. The standard InChI is InChI=1S/C19H17N5O2S2/c1-24-15-6-4-3-5-14(15)21-19(24)27-11-16-22-23-18(28-16)17(25)20-12-7-9-13(26-2)10-8-12/h3-10H,11H2,1-2H3,(H,20,25). The third kappa shape index (κ3) is 3.85. The van der Waals surface area contributed by atoms with Crippen molar-refractivity contribution >= 4 is 45.7 Å². The van der Waals surface area contributed by atoms with Crippen molar-refractivity contribution in [2.24, 2.45) is 7.05 Å². The van der Waals surface area contributed by atoms with E-state index in [1.54, 1.807) is 43.1 Å². The van der Waals surface area contributed by atoms with Crippen molar-refractivity contribution in [1.29, 1.82) is 0 Å². The Bertz CT molecular complexity index is 1120. The number of aromatic nitrogens is 4. The van der Waals surface area contributed by atoms with Gasteiger partial charge < -0.3 is 14.6 Å². The van der Waals surface area contributed by atoms with Gasteiger partial charge in [0, 0.05) is 12.7 Å². The van der Waals surface area contributed by atoms with Crippen molar-refractivity contribution in [3.63, 3.8) is 0 Å². The topological polar surface area (TPSA) is 81.9 Å². The second-order valence-corrected chi connectivity index (χ2v) is 7.92. The molecule has 2 aromatic carbocycles. The molecule has 0 saturated heterocycles. The van der Waals surface area contributed by atoms with Crippen LogP contribution in [0.4, 0.5) is 5.69 Å². The molecule has 2 heterocycles. The minimum Gasteiger partial charge on any atom is -0.497 e. The fraction of sp³-hybridized carbons (Fsp3) is 0.158. The van der Waals surface area contributed by atoms with Crippen LogP contribution in [0.1, 0.15) is 14.8 Å². The molecule has 142 valence electrons. The quantitative estimate of drug-likeness (QED) is 0.483. The van der Waals surface area contributed by atoms with Crippen LogP contribution in [0.3, 0.4) is 0 Å². The van der Waals surface area contributed by atoms with Gasteiger partial charge in [-0.05, 0) is 36.4 Å². The number of carbonyl (C=O) groups is 1. The zero-order valence-electron chi connectivity index (χ0n) is 15.2. The first-order chi connectivity index (χ1) is 13.6. The van der Waals surface area contributed by atoms with E-state index in [0.29, 0.717) is 16.4 Å². The van der Waals surface area contributed by atoms with Gasteiger partial charge in [0.1, 0.15) is 10.8 Å². The molecule has 0 atom stereocenters. The summed E-state index contributed by atoms with van der Waals surface area (Å²) in [6, 6.07) is 15.1. The molecule has 1 N–H and O–H groups in total. The smallest absolute Gasteiger partial charge is 0.286 e. The summed E-state index contributed by atoms with van der Waals surface area (Å²) in [6.07, 6.45) is 0. The number of hydrogen-bond donors (Lipinski definition) is 1. The molecule has 0 radical (unpaired) electrons. The van der Waals surface area contributed by atoms with Crippen LogP contribution < -0.4 is 10.1 Å². The second-order valence-electron chi connectivity index (χ2n) is 5.91. The van der Waals surface area contributed by atoms with E-state index in [4.69, 9.17) is 4.74 Å². The summed E-state index contributed by atoms with van der Waals surface area (Å²) < 4.78 is 7.16. The zero-order chi connectivity index (χ0) is 19.5. The lowest BCUT2D eigenvalue weighted by Gasteiger charge is -2.03. The molecule has 28 heavy (non-hydrogen) atoms. The van der Waals surface area contributed by atoms with Gasteiger partial charge in [0.2, 0.25) is 5.01 Å². The Labute approximate surface area is 169 Å². The Balaban J connectivity index is 1.40. The lowest BCUT2D eigenvalue weighted by Crippen LogP contribution is -2.11. The normalized spacial score (nSPS) is 10.9. The van der Waals surface area contributed by atoms with Gasteiger partial charge in [-0.2, -0.15) is 0 Å². The number of rotatable bonds is 6. The van der Waals surface area contributed by atoms with Crippen LogP contribution in [-0.2, 0) is 12.8 Å². The molecule has 0 aliphatic rings. The monoisotopic (exact) mass is 411 g/mol. The van der Waals surface area contributed by atoms with Crippen LogP contribution in [0.5, 0.6) is 5.75 Å². The fourth-order valence-electron chi connectivity index (χ4n) is 2.64. The van der Waals surface area contributed by atoms with Gasteiger partial charge in [-0.25, -0.2) is 4.98 Å². The molecule has 0 bridgehead atoms. The molecule has 2 aromatic heterocycles. The highest BCUT2D eigenvalue weighted by atomic mass is 32.2. The number of methoxy groups -OCH3 is 1. The third-order valence-corrected chi connectivity index (χ3v) is 6.23. The second kappa shape index (κ2) is 7.99. The third-order valence-electron chi connectivity index (χ3n) is 4.08. The number of para-hydroxylation sites is 2. The number of carbonyl (C=O) groups excluding carboxylic acids is 1. The van der Waals surface area contributed by atoms with E-state index in [2.05, 4.69) is 25.1 Å². The van der Waals surface area contributed by atoms with E-state index in [1.165, 1.54) is 11.3 Å². The van der Waals surface area contributed by atoms with Crippen molar-refractivity contribution in [3.05, 3.63) is 58.5 Å². The Hall–Kier alpha value is -2.91. The first-order valence-electron chi connectivity index (χ1n) is 8.46. The minimum atomic E-state index is -0.276. The van der Waals surface area contributed by atoms with Gasteiger partial charge in [0.25, 0.3) is 5.91 Å². The number of hydrogen-bond acceptors (Lipinski definition) is 7. The van der Waals surface area contributed by atoms with Crippen LogP contribution in [0.25, 0.3) is 11.0 Å². The summed E-state index contributed by atoms with van der Waals surface area (Å²) in [5, 5.41) is 13.0. The largest absolute Gasteiger partial charge is 0.497 e. The van der Waals surface area contributed by atoms with Gasteiger partial charge in [0.05, 0.1) is 23.9 Å². The Morgan fingerprint density at radius 2 is 1.96 bits per heavy atom. The Kier molecular flexibility index (Phi) is 5.27. The van der Waals surface area contributed by atoms with Crippen molar-refractivity contribution < 1.29 is 9.53 Å². The van der Waals surface area contributed by atoms with Crippen molar-refractivity contribution in [2.45, 2.75) is 10.9 Å². The van der Waals surface area contributed by atoms with Crippen LogP contribution in [-0.4, -0.2) is 32.8 Å². The molecule has 4 aromatic rings. The predicted octanol–water partition coefficient (Wildman–Crippen LogP) is 3.98. The molecule has 0 unspecified atom stereocenters. The molecule has 0 fully saturated rings. The average molecular weight is 412 g/mol. The molecule has 0 spiro atoms. The highest BCUT2D eigenvalue weighted by Gasteiger charge is 2.15. The molecule has 0 aliphatic heterocycles. The summed E-state index contributed by atoms with van der Waals surface area (Å²) >= 11 is 2.86. The molecular formula is C19H17N5O2S2. The van der Waals surface area contributed by atoms with Crippen molar-refractivity contribution in [2.75, 3.05) is 12.4 Å². The summed E-state index contributed by atoms with van der Waals surface area (Å²) in [7, 11) is 3.59. The highest BCUT2D eigenvalue weighted by Crippen LogP contribution is 2.27. The van der Waals surface area contributed by atoms with Crippen LogP contribution in [0, 0.1) is 0 Å². The van der Waals surface area contributed by atoms with Gasteiger partial charge in [-0.3, -0.25) is 4.79 Å². The molecular weight excluding hydrogens is 394 g/mol. The predicted molar refractivity (Wildman–Crippen MR) is 111 cm³/mol. The number of benzene rings is 2. The van der Waals surface area contributed by atoms with E-state index < -0.39 is 0 Å². The lowest BCUT2D eigenvalue weighted by atomic mass is 10.3. The number of nitrogens with zero attached hydrogens (tertiary/aromatic N) is 4. The molecule has 4 rings (SSSR count). The first-order valence-corrected chi connectivity index (χ1v) is 10.3. The lowest BCUT2D eigenvalue weighted by molar-refractivity contribution is 0.102. The fourth-order valence-corrected chi connectivity index (χ4v) is 4.35. The van der Waals surface area contributed by atoms with Crippen LogP contribution >= 0.6 is 23.1 Å². The van der Waals surface area contributed by atoms with Crippen LogP contribution in [0.15, 0.2) is 53.7 Å². The maximum Gasteiger partial charge on any atom is 0.286 e. The van der Waals surface area contributed by atoms with Gasteiger partial charge in [-0.15, -0.1) is 10.2 Å². The van der Waals surface area contributed by atoms with Gasteiger partial charge in [0.15, 0.2) is 5.16 Å². The molecule has 0 saturated carbocycles. The number of amides is 1. The number of anilines is 1. The number of thioether (sulfide) groups is 1. The number of imidazole rings is 1. The van der Waals surface area contributed by atoms with Crippen LogP contribution in [0.2, 0.25) is 0 Å². The van der Waals surface area contributed by atoms with E-state index in [9.17, 15) is 4.79 Å². The van der Waals surface area contributed by atoms with Crippen molar-refractivity contribution in [3.8, 4) is 5.75 Å². The van der Waals surface area contributed by atoms with Gasteiger partial charge in [-0.1, -0.05) is 35.2 Å². The number of aryl methyl sites for hydroxylation is 1. The first kappa shape index (κ1) is 18.5. The SMILES string of the molecule is COc1ccc(NC(=O)c2nnc(CSc3nc4ccccc4n3C)s2)cc1. The maximum absolute atomic E-state index is 12.4. The van der Waals surface area contributed by atoms with E-state index >= 15 is 0 Å². The molecule has 7 nitrogen and oxygen atoms in total. The summed E-state index contributed by atoms with van der Waals surface area (Å²) in [5.74, 6) is 1.06. The number of fused-ring (bicyclic) bond motifs is 1. The van der Waals surface area contributed by atoms with E-state index in [0.717, 1.165) is 26.9 Å². The van der Waals surface area contributed by atoms with E-state index in [1.807, 2.05) is 31.3 Å². The Morgan fingerprint density at radius 1 is 1.18 bits per heavy atom. The summed E-state index contributed by atoms with van der Waals surface area (Å²) in [6.45, 7) is 0. The molecule has 9 heteroatoms. The van der Waals surface area contributed by atoms with E-state index in [-0.39, 0.29) is 5.91 Å².